The number of benzene rings is 1. The molecule has 0 fully saturated rings. The number of amides is 1. The van der Waals surface area contributed by atoms with Gasteiger partial charge in [0, 0.05) is 38.2 Å². The molecule has 0 unspecified atom stereocenters. The molecular weight excluding hydrogens is 340 g/mol. The average molecular weight is 363 g/mol. The van der Waals surface area contributed by atoms with Gasteiger partial charge in [0.1, 0.15) is 0 Å². The van der Waals surface area contributed by atoms with Crippen molar-refractivity contribution < 1.29 is 17.9 Å². The largest absolute Gasteiger partial charge is 0.385 e. The molecule has 0 saturated carbocycles. The van der Waals surface area contributed by atoms with Crippen LogP contribution in [0.4, 0.5) is 5.69 Å². The summed E-state index contributed by atoms with van der Waals surface area (Å²) in [6.07, 6.45) is 2.60. The molecule has 23 heavy (non-hydrogen) atoms. The Bertz CT molecular complexity index is 590. The van der Waals surface area contributed by atoms with Gasteiger partial charge in [-0.05, 0) is 37.1 Å². The molecule has 1 amide bonds. The van der Waals surface area contributed by atoms with Crippen LogP contribution in [0.5, 0.6) is 0 Å². The van der Waals surface area contributed by atoms with Crippen molar-refractivity contribution in [3.63, 3.8) is 0 Å². The molecule has 0 bridgehead atoms. The summed E-state index contributed by atoms with van der Waals surface area (Å²) in [6.45, 7) is 1.39. The summed E-state index contributed by atoms with van der Waals surface area (Å²) < 4.78 is 30.0. The van der Waals surface area contributed by atoms with Crippen LogP contribution in [0.25, 0.3) is 0 Å². The van der Waals surface area contributed by atoms with E-state index in [2.05, 4.69) is 5.32 Å². The highest BCUT2D eigenvalue weighted by Gasteiger charge is 2.17. The van der Waals surface area contributed by atoms with E-state index in [1.54, 1.807) is 31.4 Å². The predicted molar refractivity (Wildman–Crippen MR) is 92.4 cm³/mol. The minimum Gasteiger partial charge on any atom is -0.385 e. The van der Waals surface area contributed by atoms with E-state index in [0.29, 0.717) is 30.3 Å². The van der Waals surface area contributed by atoms with Crippen molar-refractivity contribution in [2.45, 2.75) is 19.3 Å². The fraction of sp³-hybridized carbons (Fsp3) is 0.533. The molecule has 0 atom stereocenters. The molecule has 1 N–H and O–H groups in total. The van der Waals surface area contributed by atoms with Crippen molar-refractivity contribution >= 4 is 33.2 Å². The van der Waals surface area contributed by atoms with Gasteiger partial charge in [-0.1, -0.05) is 11.6 Å². The SMILES string of the molecule is COCCCNC(=O)CCCN(c1ccc(Cl)cc1)S(C)(=O)=O. The number of nitrogens with zero attached hydrogens (tertiary/aromatic N) is 1. The Kier molecular flexibility index (Phi) is 8.36. The zero-order chi connectivity index (χ0) is 17.3. The standard InChI is InChI=1S/C15H23ClN2O4S/c1-22-12-4-10-17-15(19)5-3-11-18(23(2,20)21)14-8-6-13(16)7-9-14/h6-9H,3-5,10-12H2,1-2H3,(H,17,19). The van der Waals surface area contributed by atoms with E-state index in [-0.39, 0.29) is 18.9 Å². The minimum atomic E-state index is -3.41. The molecule has 0 aliphatic rings. The van der Waals surface area contributed by atoms with Gasteiger partial charge in [-0.25, -0.2) is 8.42 Å². The third-order valence-corrected chi connectivity index (χ3v) is 4.57. The first kappa shape index (κ1) is 19.7. The lowest BCUT2D eigenvalue weighted by Crippen LogP contribution is -2.32. The normalized spacial score (nSPS) is 11.3. The maximum absolute atomic E-state index is 11.9. The van der Waals surface area contributed by atoms with Gasteiger partial charge >= 0.3 is 0 Å². The number of methoxy groups -OCH3 is 1. The quantitative estimate of drug-likeness (QED) is 0.646. The summed E-state index contributed by atoms with van der Waals surface area (Å²) in [5.74, 6) is -0.0920. The summed E-state index contributed by atoms with van der Waals surface area (Å²) in [5.41, 5.74) is 0.539. The first-order valence-electron chi connectivity index (χ1n) is 7.33. The highest BCUT2D eigenvalue weighted by Crippen LogP contribution is 2.20. The molecular formula is C15H23ClN2O4S. The lowest BCUT2D eigenvalue weighted by Gasteiger charge is -2.22. The van der Waals surface area contributed by atoms with Crippen LogP contribution in [0, 0.1) is 0 Å². The number of anilines is 1. The molecule has 0 heterocycles. The van der Waals surface area contributed by atoms with Crippen LogP contribution < -0.4 is 9.62 Å². The lowest BCUT2D eigenvalue weighted by atomic mass is 10.2. The molecule has 0 aliphatic carbocycles. The Morgan fingerprint density at radius 1 is 1.26 bits per heavy atom. The molecule has 1 aromatic rings. The van der Waals surface area contributed by atoms with Gasteiger partial charge in [0.2, 0.25) is 15.9 Å². The number of hydrogen-bond donors (Lipinski definition) is 1. The molecule has 0 aromatic heterocycles. The fourth-order valence-electron chi connectivity index (χ4n) is 2.01. The molecule has 130 valence electrons. The van der Waals surface area contributed by atoms with Crippen LogP contribution in [-0.2, 0) is 19.6 Å². The van der Waals surface area contributed by atoms with Crippen molar-refractivity contribution in [3.8, 4) is 0 Å². The summed E-state index contributed by atoms with van der Waals surface area (Å²) in [5, 5.41) is 3.31. The highest BCUT2D eigenvalue weighted by molar-refractivity contribution is 7.92. The molecule has 1 rings (SSSR count). The van der Waals surface area contributed by atoms with Crippen molar-refractivity contribution in [1.29, 1.82) is 0 Å². The Balaban J connectivity index is 2.50. The van der Waals surface area contributed by atoms with E-state index in [1.807, 2.05) is 0 Å². The van der Waals surface area contributed by atoms with Crippen LogP contribution in [0.1, 0.15) is 19.3 Å². The summed E-state index contributed by atoms with van der Waals surface area (Å²) in [6, 6.07) is 6.57. The minimum absolute atomic E-state index is 0.0920. The van der Waals surface area contributed by atoms with E-state index < -0.39 is 10.0 Å². The third kappa shape index (κ3) is 7.67. The van der Waals surface area contributed by atoms with Crippen LogP contribution in [0.3, 0.4) is 0 Å². The molecule has 0 radical (unpaired) electrons. The van der Waals surface area contributed by atoms with E-state index in [9.17, 15) is 13.2 Å². The molecule has 0 spiro atoms. The zero-order valence-corrected chi connectivity index (χ0v) is 15.0. The maximum atomic E-state index is 11.9. The summed E-state index contributed by atoms with van der Waals surface area (Å²) in [7, 11) is -1.80. The van der Waals surface area contributed by atoms with Crippen LogP contribution >= 0.6 is 11.6 Å². The van der Waals surface area contributed by atoms with E-state index in [0.717, 1.165) is 12.7 Å². The van der Waals surface area contributed by atoms with Crippen molar-refractivity contribution in [1.82, 2.24) is 5.32 Å². The number of nitrogens with one attached hydrogen (secondary N) is 1. The molecule has 0 saturated heterocycles. The van der Waals surface area contributed by atoms with Gasteiger partial charge < -0.3 is 10.1 Å². The average Bonchev–Trinajstić information content (AvgIpc) is 2.48. The van der Waals surface area contributed by atoms with E-state index in [1.165, 1.54) is 4.31 Å². The van der Waals surface area contributed by atoms with Gasteiger partial charge in [0.15, 0.2) is 0 Å². The van der Waals surface area contributed by atoms with Gasteiger partial charge in [0.05, 0.1) is 11.9 Å². The smallest absolute Gasteiger partial charge is 0.232 e. The first-order valence-corrected chi connectivity index (χ1v) is 9.56. The summed E-state index contributed by atoms with van der Waals surface area (Å²) >= 11 is 5.82. The number of rotatable bonds is 10. The molecule has 8 heteroatoms. The van der Waals surface area contributed by atoms with E-state index in [4.69, 9.17) is 16.3 Å². The highest BCUT2D eigenvalue weighted by atomic mass is 35.5. The van der Waals surface area contributed by atoms with E-state index >= 15 is 0 Å². The number of halogens is 1. The lowest BCUT2D eigenvalue weighted by molar-refractivity contribution is -0.121. The van der Waals surface area contributed by atoms with Crippen LogP contribution in [0.15, 0.2) is 24.3 Å². The van der Waals surface area contributed by atoms with Gasteiger partial charge in [-0.2, -0.15) is 0 Å². The Labute approximate surface area is 142 Å². The fourth-order valence-corrected chi connectivity index (χ4v) is 3.10. The third-order valence-electron chi connectivity index (χ3n) is 3.13. The molecule has 6 nitrogen and oxygen atoms in total. The second-order valence-corrected chi connectivity index (χ2v) is 7.45. The summed E-state index contributed by atoms with van der Waals surface area (Å²) in [4.78, 5) is 11.7. The van der Waals surface area contributed by atoms with Crippen molar-refractivity contribution in [3.05, 3.63) is 29.3 Å². The Morgan fingerprint density at radius 3 is 2.48 bits per heavy atom. The van der Waals surface area contributed by atoms with Crippen LogP contribution in [-0.4, -0.2) is 47.4 Å². The number of carbonyl (C=O) groups excluding carboxylic acids is 1. The first-order chi connectivity index (χ1) is 10.8. The molecule has 1 aromatic carbocycles. The maximum Gasteiger partial charge on any atom is 0.232 e. The number of sulfonamides is 1. The predicted octanol–water partition coefficient (Wildman–Crippen LogP) is 2.04. The second kappa shape index (κ2) is 9.75. The van der Waals surface area contributed by atoms with Gasteiger partial charge in [0.25, 0.3) is 0 Å². The molecule has 0 aliphatic heterocycles. The van der Waals surface area contributed by atoms with Crippen molar-refractivity contribution in [2.75, 3.05) is 37.4 Å². The van der Waals surface area contributed by atoms with Crippen molar-refractivity contribution in [2.24, 2.45) is 0 Å². The second-order valence-electron chi connectivity index (χ2n) is 5.11. The van der Waals surface area contributed by atoms with Gasteiger partial charge in [-0.15, -0.1) is 0 Å². The zero-order valence-electron chi connectivity index (χ0n) is 13.4. The van der Waals surface area contributed by atoms with Gasteiger partial charge in [-0.3, -0.25) is 9.10 Å². The Morgan fingerprint density at radius 2 is 1.91 bits per heavy atom. The number of hydrogen-bond acceptors (Lipinski definition) is 4. The Hall–Kier alpha value is -1.31. The topological polar surface area (TPSA) is 75.7 Å². The number of carbonyl (C=O) groups is 1. The monoisotopic (exact) mass is 362 g/mol. The van der Waals surface area contributed by atoms with Crippen LogP contribution in [0.2, 0.25) is 5.02 Å². The number of ether oxygens (including phenoxy) is 1.